The topological polar surface area (TPSA) is 87.7 Å². The van der Waals surface area contributed by atoms with Gasteiger partial charge in [0, 0.05) is 23.0 Å². The van der Waals surface area contributed by atoms with Gasteiger partial charge >= 0.3 is 0 Å². The number of thiophene rings is 1. The van der Waals surface area contributed by atoms with Gasteiger partial charge < -0.3 is 20.3 Å². The second kappa shape index (κ2) is 9.93. The summed E-state index contributed by atoms with van der Waals surface area (Å²) < 4.78 is 6.57. The molecule has 200 valence electrons. The van der Waals surface area contributed by atoms with Crippen LogP contribution in [0.5, 0.6) is 0 Å². The number of halogens is 1. The van der Waals surface area contributed by atoms with Gasteiger partial charge in [0.2, 0.25) is 17.7 Å². The van der Waals surface area contributed by atoms with E-state index in [-0.39, 0.29) is 24.3 Å². The molecule has 1 aromatic heterocycles. The van der Waals surface area contributed by atoms with E-state index in [4.69, 9.17) is 16.3 Å². The number of fused-ring (bicyclic) bond motifs is 1. The third kappa shape index (κ3) is 4.46. The Bertz CT molecular complexity index is 1430. The summed E-state index contributed by atoms with van der Waals surface area (Å²) in [5.41, 5.74) is -0.472. The lowest BCUT2D eigenvalue weighted by molar-refractivity contribution is -0.145. The number of ether oxygens (including phenoxy) is 1. The van der Waals surface area contributed by atoms with Crippen molar-refractivity contribution in [3.8, 4) is 0 Å². The van der Waals surface area contributed by atoms with Crippen LogP contribution >= 0.6 is 22.9 Å². The maximum atomic E-state index is 14.2. The molecule has 2 bridgehead atoms. The lowest BCUT2D eigenvalue weighted by Gasteiger charge is -2.33. The molecule has 4 heterocycles. The van der Waals surface area contributed by atoms with Gasteiger partial charge in [-0.25, -0.2) is 0 Å². The van der Waals surface area contributed by atoms with Crippen LogP contribution in [0.15, 0.2) is 84.3 Å². The summed E-state index contributed by atoms with van der Waals surface area (Å²) in [6.07, 6.45) is 3.67. The monoisotopic (exact) mass is 561 g/mol. The predicted molar refractivity (Wildman–Crippen MR) is 149 cm³/mol. The molecule has 0 radical (unpaired) electrons. The lowest BCUT2D eigenvalue weighted by Crippen LogP contribution is -2.54. The standard InChI is InChI=1S/C30H28ClN3O4S/c1-29-13-14-30(38-29)24(23(29)26(35)33-17-22-8-5-15-39-22)28(37)34(18-20-9-11-21(31)12-10-20)25(30)27(36)32-16-19-6-3-2-4-7-19/h2-15,23-25H,16-18H2,1H3,(H,32,36)(H,33,35)/t23-,24-,25-,29-,30+/m0/s1. The Kier molecular flexibility index (Phi) is 6.57. The van der Waals surface area contributed by atoms with Crippen LogP contribution in [0.2, 0.25) is 5.02 Å². The van der Waals surface area contributed by atoms with Crippen molar-refractivity contribution in [2.45, 2.75) is 43.8 Å². The first-order chi connectivity index (χ1) is 18.8. The normalized spacial score (nSPS) is 28.5. The zero-order valence-corrected chi connectivity index (χ0v) is 22.9. The number of likely N-dealkylation sites (tertiary alicyclic amines) is 1. The zero-order valence-electron chi connectivity index (χ0n) is 21.3. The molecule has 0 saturated carbocycles. The van der Waals surface area contributed by atoms with Gasteiger partial charge in [0.1, 0.15) is 11.6 Å². The molecule has 2 N–H and O–H groups in total. The molecule has 2 aromatic carbocycles. The molecule has 0 aliphatic carbocycles. The summed E-state index contributed by atoms with van der Waals surface area (Å²) >= 11 is 7.64. The van der Waals surface area contributed by atoms with Crippen LogP contribution in [0.1, 0.15) is 22.9 Å². The fraction of sp³-hybridized carbons (Fsp3) is 0.300. The van der Waals surface area contributed by atoms with Gasteiger partial charge in [0.25, 0.3) is 0 Å². The third-order valence-corrected chi connectivity index (χ3v) is 9.05. The first-order valence-electron chi connectivity index (χ1n) is 12.9. The summed E-state index contributed by atoms with van der Waals surface area (Å²) in [7, 11) is 0. The van der Waals surface area contributed by atoms with Crippen molar-refractivity contribution in [1.82, 2.24) is 15.5 Å². The van der Waals surface area contributed by atoms with Gasteiger partial charge in [-0.1, -0.05) is 72.3 Å². The second-order valence-corrected chi connectivity index (χ2v) is 11.9. The average Bonchev–Trinajstić information content (AvgIpc) is 3.68. The number of carbonyl (C=O) groups excluding carboxylic acids is 3. The molecule has 1 spiro atoms. The minimum Gasteiger partial charge on any atom is -0.356 e. The summed E-state index contributed by atoms with van der Waals surface area (Å²) in [5, 5.41) is 8.55. The van der Waals surface area contributed by atoms with Crippen molar-refractivity contribution in [2.24, 2.45) is 11.8 Å². The summed E-state index contributed by atoms with van der Waals surface area (Å²) in [6, 6.07) is 19.7. The van der Waals surface area contributed by atoms with Crippen LogP contribution in [-0.4, -0.2) is 39.9 Å². The smallest absolute Gasteiger partial charge is 0.246 e. The number of carbonyl (C=O) groups is 3. The number of benzene rings is 2. The predicted octanol–water partition coefficient (Wildman–Crippen LogP) is 4.08. The number of nitrogens with zero attached hydrogens (tertiary/aromatic N) is 1. The maximum absolute atomic E-state index is 14.2. The van der Waals surface area contributed by atoms with Crippen molar-refractivity contribution in [3.63, 3.8) is 0 Å². The Labute approximate surface area is 235 Å². The van der Waals surface area contributed by atoms with Gasteiger partial charge in [0.05, 0.1) is 24.0 Å². The average molecular weight is 562 g/mol. The molecular weight excluding hydrogens is 534 g/mol. The number of hydrogen-bond donors (Lipinski definition) is 2. The van der Waals surface area contributed by atoms with E-state index in [2.05, 4.69) is 10.6 Å². The molecule has 3 amide bonds. The molecule has 39 heavy (non-hydrogen) atoms. The molecule has 2 saturated heterocycles. The van der Waals surface area contributed by atoms with Gasteiger partial charge in [-0.05, 0) is 41.6 Å². The maximum Gasteiger partial charge on any atom is 0.246 e. The highest BCUT2D eigenvalue weighted by Gasteiger charge is 2.76. The Balaban J connectivity index is 1.32. The van der Waals surface area contributed by atoms with Gasteiger partial charge in [0.15, 0.2) is 0 Å². The van der Waals surface area contributed by atoms with E-state index in [1.54, 1.807) is 28.4 Å². The van der Waals surface area contributed by atoms with E-state index in [1.807, 2.05) is 79.1 Å². The molecule has 2 fully saturated rings. The van der Waals surface area contributed by atoms with Crippen LogP contribution in [-0.2, 0) is 38.8 Å². The summed E-state index contributed by atoms with van der Waals surface area (Å²) in [4.78, 5) is 44.2. The Morgan fingerprint density at radius 1 is 0.949 bits per heavy atom. The highest BCUT2D eigenvalue weighted by atomic mass is 35.5. The first-order valence-corrected chi connectivity index (χ1v) is 14.1. The van der Waals surface area contributed by atoms with Gasteiger partial charge in [-0.3, -0.25) is 14.4 Å². The lowest BCUT2D eigenvalue weighted by atomic mass is 9.70. The Morgan fingerprint density at radius 2 is 1.69 bits per heavy atom. The molecular formula is C30H28ClN3O4S. The van der Waals surface area contributed by atoms with E-state index >= 15 is 0 Å². The Hall–Kier alpha value is -3.46. The van der Waals surface area contributed by atoms with Crippen LogP contribution < -0.4 is 10.6 Å². The van der Waals surface area contributed by atoms with Crippen molar-refractivity contribution in [3.05, 3.63) is 105 Å². The van der Waals surface area contributed by atoms with E-state index in [1.165, 1.54) is 0 Å². The number of nitrogens with one attached hydrogen (secondary N) is 2. The fourth-order valence-corrected chi connectivity index (χ4v) is 6.94. The van der Waals surface area contributed by atoms with E-state index in [0.29, 0.717) is 18.1 Å². The number of rotatable bonds is 8. The molecule has 3 aromatic rings. The van der Waals surface area contributed by atoms with Crippen LogP contribution in [0, 0.1) is 11.8 Å². The quantitative estimate of drug-likeness (QED) is 0.406. The number of amides is 3. The van der Waals surface area contributed by atoms with Crippen molar-refractivity contribution in [2.75, 3.05) is 0 Å². The number of hydrogen-bond acceptors (Lipinski definition) is 5. The van der Waals surface area contributed by atoms with Crippen molar-refractivity contribution < 1.29 is 19.1 Å². The summed E-state index contributed by atoms with van der Waals surface area (Å²) in [5.74, 6) is -2.44. The minimum atomic E-state index is -1.25. The minimum absolute atomic E-state index is 0.190. The van der Waals surface area contributed by atoms with Crippen LogP contribution in [0.3, 0.4) is 0 Å². The van der Waals surface area contributed by atoms with Crippen LogP contribution in [0.4, 0.5) is 0 Å². The SMILES string of the molecule is C[C@@]12C=C[C@@]3(O1)[C@H](C(=O)N(Cc1ccc(Cl)cc1)[C@H]3C(=O)NCc1ccccc1)[C@H]2C(=O)NCc1cccs1. The highest BCUT2D eigenvalue weighted by molar-refractivity contribution is 7.09. The van der Waals surface area contributed by atoms with Crippen molar-refractivity contribution >= 4 is 40.7 Å². The second-order valence-electron chi connectivity index (χ2n) is 10.4. The van der Waals surface area contributed by atoms with E-state index in [0.717, 1.165) is 16.0 Å². The molecule has 7 nitrogen and oxygen atoms in total. The summed E-state index contributed by atoms with van der Waals surface area (Å²) in [6.45, 7) is 2.69. The van der Waals surface area contributed by atoms with Gasteiger partial charge in [-0.15, -0.1) is 11.3 Å². The molecule has 9 heteroatoms. The van der Waals surface area contributed by atoms with E-state index < -0.39 is 29.1 Å². The first kappa shape index (κ1) is 25.8. The molecule has 5 atom stereocenters. The third-order valence-electron chi connectivity index (χ3n) is 7.92. The van der Waals surface area contributed by atoms with Crippen LogP contribution in [0.25, 0.3) is 0 Å². The molecule has 6 rings (SSSR count). The molecule has 0 unspecified atom stereocenters. The fourth-order valence-electron chi connectivity index (χ4n) is 6.17. The van der Waals surface area contributed by atoms with E-state index in [9.17, 15) is 14.4 Å². The van der Waals surface area contributed by atoms with Gasteiger partial charge in [-0.2, -0.15) is 0 Å². The Morgan fingerprint density at radius 3 is 2.41 bits per heavy atom. The van der Waals surface area contributed by atoms with Crippen molar-refractivity contribution in [1.29, 1.82) is 0 Å². The highest BCUT2D eigenvalue weighted by Crippen LogP contribution is 2.59. The largest absolute Gasteiger partial charge is 0.356 e. The molecule has 3 aliphatic heterocycles. The molecule has 3 aliphatic rings. The zero-order chi connectivity index (χ0) is 27.2.